The first-order chi connectivity index (χ1) is 12.2. The number of rotatable bonds is 5. The van der Waals surface area contributed by atoms with Crippen LogP contribution < -0.4 is 15.5 Å². The first kappa shape index (κ1) is 17.3. The average molecular weight is 337 g/mol. The van der Waals surface area contributed by atoms with E-state index in [1.54, 1.807) is 7.05 Å². The summed E-state index contributed by atoms with van der Waals surface area (Å²) in [6.07, 6.45) is 4.42. The van der Waals surface area contributed by atoms with E-state index >= 15 is 0 Å². The number of benzene rings is 1. The highest BCUT2D eigenvalue weighted by atomic mass is 15.2. The number of guanidine groups is 1. The fourth-order valence-corrected chi connectivity index (χ4v) is 2.99. The van der Waals surface area contributed by atoms with Gasteiger partial charge in [0, 0.05) is 39.4 Å². The minimum absolute atomic E-state index is 0.733. The average Bonchev–Trinajstić information content (AvgIpc) is 3.18. The van der Waals surface area contributed by atoms with E-state index in [1.807, 2.05) is 6.20 Å². The van der Waals surface area contributed by atoms with Crippen LogP contribution in [0.1, 0.15) is 29.5 Å². The van der Waals surface area contributed by atoms with Crippen molar-refractivity contribution < 1.29 is 0 Å². The van der Waals surface area contributed by atoms with Crippen molar-refractivity contribution in [1.29, 1.82) is 0 Å². The third-order valence-electron chi connectivity index (χ3n) is 4.50. The predicted molar refractivity (Wildman–Crippen MR) is 104 cm³/mol. The van der Waals surface area contributed by atoms with E-state index in [4.69, 9.17) is 0 Å². The van der Waals surface area contributed by atoms with Gasteiger partial charge in [0.15, 0.2) is 5.96 Å². The molecule has 1 aromatic carbocycles. The summed E-state index contributed by atoms with van der Waals surface area (Å²) in [6, 6.07) is 12.8. The topological polar surface area (TPSA) is 52.6 Å². The van der Waals surface area contributed by atoms with Crippen LogP contribution >= 0.6 is 0 Å². The first-order valence-electron chi connectivity index (χ1n) is 8.94. The summed E-state index contributed by atoms with van der Waals surface area (Å²) in [5.41, 5.74) is 3.74. The molecule has 5 nitrogen and oxygen atoms in total. The Balaban J connectivity index is 1.52. The number of nitrogens with one attached hydrogen (secondary N) is 2. The number of aliphatic imine (C=N–C) groups is 1. The van der Waals surface area contributed by atoms with Gasteiger partial charge in [-0.1, -0.05) is 29.8 Å². The fourth-order valence-electron chi connectivity index (χ4n) is 2.99. The Hall–Kier alpha value is -2.56. The van der Waals surface area contributed by atoms with Gasteiger partial charge in [-0.3, -0.25) is 4.99 Å². The van der Waals surface area contributed by atoms with Crippen molar-refractivity contribution in [1.82, 2.24) is 15.6 Å². The van der Waals surface area contributed by atoms with E-state index in [-0.39, 0.29) is 0 Å². The lowest BCUT2D eigenvalue weighted by Crippen LogP contribution is -2.36. The summed E-state index contributed by atoms with van der Waals surface area (Å²) < 4.78 is 0. The van der Waals surface area contributed by atoms with Gasteiger partial charge in [-0.2, -0.15) is 0 Å². The second-order valence-corrected chi connectivity index (χ2v) is 6.48. The molecule has 132 valence electrons. The zero-order valence-corrected chi connectivity index (χ0v) is 15.1. The van der Waals surface area contributed by atoms with Crippen LogP contribution in [0.3, 0.4) is 0 Å². The lowest BCUT2D eigenvalue weighted by molar-refractivity contribution is 0.806. The van der Waals surface area contributed by atoms with Crippen molar-refractivity contribution in [2.75, 3.05) is 25.0 Å². The predicted octanol–water partition coefficient (Wildman–Crippen LogP) is 2.86. The highest BCUT2D eigenvalue weighted by molar-refractivity contribution is 5.79. The Morgan fingerprint density at radius 3 is 2.40 bits per heavy atom. The van der Waals surface area contributed by atoms with Crippen molar-refractivity contribution in [3.05, 3.63) is 59.3 Å². The van der Waals surface area contributed by atoms with Crippen molar-refractivity contribution in [2.24, 2.45) is 4.99 Å². The molecule has 0 bridgehead atoms. The molecule has 1 aliphatic heterocycles. The largest absolute Gasteiger partial charge is 0.357 e. The molecule has 0 unspecified atom stereocenters. The van der Waals surface area contributed by atoms with Gasteiger partial charge in [0.2, 0.25) is 0 Å². The molecule has 0 amide bonds. The van der Waals surface area contributed by atoms with E-state index in [9.17, 15) is 0 Å². The Morgan fingerprint density at radius 2 is 1.72 bits per heavy atom. The quantitative estimate of drug-likeness (QED) is 0.651. The summed E-state index contributed by atoms with van der Waals surface area (Å²) in [4.78, 5) is 11.2. The van der Waals surface area contributed by atoms with Crippen LogP contribution in [0.5, 0.6) is 0 Å². The highest BCUT2D eigenvalue weighted by Gasteiger charge is 2.13. The highest BCUT2D eigenvalue weighted by Crippen LogP contribution is 2.18. The van der Waals surface area contributed by atoms with Crippen LogP contribution in [0.4, 0.5) is 5.82 Å². The van der Waals surface area contributed by atoms with Crippen LogP contribution in [0.2, 0.25) is 0 Å². The molecule has 2 aromatic rings. The van der Waals surface area contributed by atoms with Gasteiger partial charge in [-0.05, 0) is 43.0 Å². The van der Waals surface area contributed by atoms with E-state index in [2.05, 4.69) is 68.8 Å². The second kappa shape index (κ2) is 8.51. The first-order valence-corrected chi connectivity index (χ1v) is 8.94. The van der Waals surface area contributed by atoms with Gasteiger partial charge in [0.1, 0.15) is 5.82 Å². The third-order valence-corrected chi connectivity index (χ3v) is 4.50. The van der Waals surface area contributed by atoms with Gasteiger partial charge < -0.3 is 15.5 Å². The Bertz CT molecular complexity index is 702. The maximum absolute atomic E-state index is 4.50. The second-order valence-electron chi connectivity index (χ2n) is 6.48. The van der Waals surface area contributed by atoms with Gasteiger partial charge >= 0.3 is 0 Å². The number of pyridine rings is 1. The van der Waals surface area contributed by atoms with Crippen molar-refractivity contribution in [3.8, 4) is 0 Å². The normalized spacial score (nSPS) is 14.6. The SMILES string of the molecule is CN=C(NCc1ccc(C)cc1)NCc1ccnc(N2CCCC2)c1. The molecule has 1 aromatic heterocycles. The van der Waals surface area contributed by atoms with Crippen LogP contribution in [-0.2, 0) is 13.1 Å². The number of nitrogens with zero attached hydrogens (tertiary/aromatic N) is 3. The van der Waals surface area contributed by atoms with Crippen LogP contribution in [0.15, 0.2) is 47.6 Å². The van der Waals surface area contributed by atoms with Crippen LogP contribution in [0.25, 0.3) is 0 Å². The molecular weight excluding hydrogens is 310 g/mol. The Morgan fingerprint density at radius 1 is 1.04 bits per heavy atom. The Kier molecular flexibility index (Phi) is 5.88. The van der Waals surface area contributed by atoms with E-state index in [0.29, 0.717) is 0 Å². The Labute approximate surface area is 150 Å². The molecule has 1 fully saturated rings. The van der Waals surface area contributed by atoms with Crippen molar-refractivity contribution in [2.45, 2.75) is 32.9 Å². The minimum atomic E-state index is 0.733. The molecule has 3 rings (SSSR count). The van der Waals surface area contributed by atoms with E-state index in [1.165, 1.54) is 29.5 Å². The number of aromatic nitrogens is 1. The lowest BCUT2D eigenvalue weighted by atomic mass is 10.1. The molecule has 0 aliphatic carbocycles. The molecule has 0 atom stereocenters. The van der Waals surface area contributed by atoms with E-state index in [0.717, 1.165) is 38.0 Å². The van der Waals surface area contributed by atoms with Crippen molar-refractivity contribution in [3.63, 3.8) is 0 Å². The number of hydrogen-bond acceptors (Lipinski definition) is 3. The fraction of sp³-hybridized carbons (Fsp3) is 0.400. The number of aryl methyl sites for hydroxylation is 1. The molecule has 0 spiro atoms. The maximum Gasteiger partial charge on any atom is 0.191 e. The van der Waals surface area contributed by atoms with E-state index < -0.39 is 0 Å². The van der Waals surface area contributed by atoms with Gasteiger partial charge in [-0.25, -0.2) is 4.98 Å². The maximum atomic E-state index is 4.50. The molecule has 2 N–H and O–H groups in total. The molecule has 2 heterocycles. The molecule has 0 radical (unpaired) electrons. The molecule has 25 heavy (non-hydrogen) atoms. The number of anilines is 1. The van der Waals surface area contributed by atoms with Gasteiger partial charge in [0.05, 0.1) is 0 Å². The zero-order chi connectivity index (χ0) is 17.5. The summed E-state index contributed by atoms with van der Waals surface area (Å²) >= 11 is 0. The summed E-state index contributed by atoms with van der Waals surface area (Å²) in [5, 5.41) is 6.74. The molecular formula is C20H27N5. The van der Waals surface area contributed by atoms with Gasteiger partial charge in [-0.15, -0.1) is 0 Å². The monoisotopic (exact) mass is 337 g/mol. The summed E-state index contributed by atoms with van der Waals surface area (Å²) in [6.45, 7) is 5.82. The number of hydrogen-bond donors (Lipinski definition) is 2. The molecule has 0 saturated carbocycles. The molecule has 1 saturated heterocycles. The molecule has 1 aliphatic rings. The smallest absolute Gasteiger partial charge is 0.191 e. The third kappa shape index (κ3) is 4.95. The minimum Gasteiger partial charge on any atom is -0.357 e. The summed E-state index contributed by atoms with van der Waals surface area (Å²) in [5.74, 6) is 1.89. The summed E-state index contributed by atoms with van der Waals surface area (Å²) in [7, 11) is 1.80. The standard InChI is InChI=1S/C20H27N5/c1-16-5-7-17(8-6-16)14-23-20(21-2)24-15-18-9-10-22-19(13-18)25-11-3-4-12-25/h5-10,13H,3-4,11-12,14-15H2,1-2H3,(H2,21,23,24). The molecule has 5 heteroatoms. The zero-order valence-electron chi connectivity index (χ0n) is 15.1. The van der Waals surface area contributed by atoms with Crippen LogP contribution in [-0.4, -0.2) is 31.1 Å². The lowest BCUT2D eigenvalue weighted by Gasteiger charge is -2.17. The van der Waals surface area contributed by atoms with Crippen molar-refractivity contribution >= 4 is 11.8 Å². The van der Waals surface area contributed by atoms with Crippen LogP contribution in [0, 0.1) is 6.92 Å². The van der Waals surface area contributed by atoms with Gasteiger partial charge in [0.25, 0.3) is 0 Å².